The van der Waals surface area contributed by atoms with Crippen molar-refractivity contribution >= 4 is 11.0 Å². The lowest BCUT2D eigenvalue weighted by atomic mass is 10.1. The van der Waals surface area contributed by atoms with E-state index in [4.69, 9.17) is 9.15 Å². The summed E-state index contributed by atoms with van der Waals surface area (Å²) in [6, 6.07) is 13.3. The molecule has 1 heterocycles. The first kappa shape index (κ1) is 18.8. The van der Waals surface area contributed by atoms with Crippen molar-refractivity contribution in [2.45, 2.75) is 19.7 Å². The molecule has 0 aliphatic rings. The number of hydrogen-bond donors (Lipinski definition) is 0. The summed E-state index contributed by atoms with van der Waals surface area (Å²) in [5, 5.41) is 0.817. The van der Waals surface area contributed by atoms with Crippen LogP contribution in [0.2, 0.25) is 0 Å². The molecule has 27 heavy (non-hydrogen) atoms. The van der Waals surface area contributed by atoms with Crippen LogP contribution in [0.5, 0.6) is 11.5 Å². The first-order chi connectivity index (χ1) is 12.9. The molecule has 0 aliphatic heterocycles. The lowest BCUT2D eigenvalue weighted by Gasteiger charge is -2.18. The van der Waals surface area contributed by atoms with Gasteiger partial charge < -0.3 is 13.9 Å². The largest absolute Gasteiger partial charge is 0.497 e. The third kappa shape index (κ3) is 4.83. The molecule has 5 nitrogen and oxygen atoms in total. The van der Waals surface area contributed by atoms with Crippen LogP contribution >= 0.6 is 0 Å². The molecule has 0 spiro atoms. The molecule has 0 radical (unpaired) electrons. The summed E-state index contributed by atoms with van der Waals surface area (Å²) >= 11 is 0. The highest BCUT2D eigenvalue weighted by Gasteiger charge is 2.11. The van der Waals surface area contributed by atoms with Gasteiger partial charge in [-0.2, -0.15) is 8.78 Å². The van der Waals surface area contributed by atoms with Gasteiger partial charge in [-0.05, 0) is 42.4 Å². The highest BCUT2D eigenvalue weighted by molar-refractivity contribution is 5.81. The molecule has 0 saturated carbocycles. The molecule has 2 aromatic carbocycles. The van der Waals surface area contributed by atoms with E-state index in [2.05, 4.69) is 4.74 Å². The molecule has 0 N–H and O–H groups in total. The molecule has 1 aromatic heterocycles. The zero-order chi connectivity index (χ0) is 19.4. The second-order valence-corrected chi connectivity index (χ2v) is 6.15. The summed E-state index contributed by atoms with van der Waals surface area (Å²) in [4.78, 5) is 13.8. The van der Waals surface area contributed by atoms with Crippen LogP contribution in [-0.2, 0) is 13.1 Å². The van der Waals surface area contributed by atoms with Crippen LogP contribution in [0.3, 0.4) is 0 Å². The normalized spacial score (nSPS) is 11.3. The highest BCUT2D eigenvalue weighted by Crippen LogP contribution is 2.24. The van der Waals surface area contributed by atoms with Gasteiger partial charge in [-0.15, -0.1) is 0 Å². The smallest absolute Gasteiger partial charge is 0.387 e. The van der Waals surface area contributed by atoms with E-state index in [1.54, 1.807) is 31.4 Å². The Morgan fingerprint density at radius 3 is 2.63 bits per heavy atom. The Balaban J connectivity index is 1.80. The highest BCUT2D eigenvalue weighted by atomic mass is 19.3. The van der Waals surface area contributed by atoms with Crippen LogP contribution in [0.15, 0.2) is 57.7 Å². The van der Waals surface area contributed by atoms with E-state index in [1.165, 1.54) is 12.1 Å². The number of methoxy groups -OCH3 is 1. The Morgan fingerprint density at radius 1 is 1.07 bits per heavy atom. The Labute approximate surface area is 154 Å². The lowest BCUT2D eigenvalue weighted by molar-refractivity contribution is -0.0499. The van der Waals surface area contributed by atoms with E-state index in [1.807, 2.05) is 24.1 Å². The van der Waals surface area contributed by atoms with Crippen LogP contribution in [0.4, 0.5) is 8.78 Å². The predicted molar refractivity (Wildman–Crippen MR) is 97.3 cm³/mol. The first-order valence-electron chi connectivity index (χ1n) is 8.27. The maximum atomic E-state index is 12.4. The molecule has 0 atom stereocenters. The molecular weight excluding hydrogens is 356 g/mol. The van der Waals surface area contributed by atoms with Crippen LogP contribution in [-0.4, -0.2) is 25.7 Å². The zero-order valence-corrected chi connectivity index (χ0v) is 14.9. The van der Waals surface area contributed by atoms with Gasteiger partial charge in [0.25, 0.3) is 0 Å². The van der Waals surface area contributed by atoms with Crippen molar-refractivity contribution in [1.82, 2.24) is 4.90 Å². The third-order valence-electron chi connectivity index (χ3n) is 4.05. The molecule has 0 amide bonds. The number of halogens is 2. The second kappa shape index (κ2) is 8.18. The minimum atomic E-state index is -2.86. The van der Waals surface area contributed by atoms with E-state index in [-0.39, 0.29) is 5.75 Å². The van der Waals surface area contributed by atoms with Crippen LogP contribution in [0.1, 0.15) is 11.1 Å². The molecule has 0 fully saturated rings. The Morgan fingerprint density at radius 2 is 1.89 bits per heavy atom. The number of alkyl halides is 2. The van der Waals surface area contributed by atoms with Crippen molar-refractivity contribution < 1.29 is 22.7 Å². The number of hydrogen-bond acceptors (Lipinski definition) is 5. The van der Waals surface area contributed by atoms with E-state index in [9.17, 15) is 13.6 Å². The minimum Gasteiger partial charge on any atom is -0.497 e. The molecule has 3 aromatic rings. The number of rotatable bonds is 7. The average molecular weight is 375 g/mol. The summed E-state index contributed by atoms with van der Waals surface area (Å²) in [6.45, 7) is -1.88. The zero-order valence-electron chi connectivity index (χ0n) is 14.9. The van der Waals surface area contributed by atoms with Gasteiger partial charge in [-0.3, -0.25) is 4.90 Å². The lowest BCUT2D eigenvalue weighted by Crippen LogP contribution is -2.18. The van der Waals surface area contributed by atoms with Crippen molar-refractivity contribution in [3.63, 3.8) is 0 Å². The van der Waals surface area contributed by atoms with Crippen LogP contribution in [0, 0.1) is 0 Å². The van der Waals surface area contributed by atoms with Crippen molar-refractivity contribution in [3.8, 4) is 11.5 Å². The predicted octanol–water partition coefficient (Wildman–Crippen LogP) is 4.04. The molecule has 0 aliphatic carbocycles. The first-order valence-corrected chi connectivity index (χ1v) is 8.27. The van der Waals surface area contributed by atoms with Gasteiger partial charge in [0, 0.05) is 30.6 Å². The SMILES string of the molecule is COc1ccc2c(CN(C)Cc3cccc(OC(F)F)c3)cc(=O)oc2c1. The third-order valence-corrected chi connectivity index (χ3v) is 4.05. The van der Waals surface area contributed by atoms with E-state index >= 15 is 0 Å². The maximum Gasteiger partial charge on any atom is 0.387 e. The average Bonchev–Trinajstić information content (AvgIpc) is 2.60. The maximum absolute atomic E-state index is 12.4. The van der Waals surface area contributed by atoms with E-state index in [0.717, 1.165) is 16.5 Å². The molecule has 0 bridgehead atoms. The molecule has 3 rings (SSSR count). The van der Waals surface area contributed by atoms with Gasteiger partial charge in [-0.1, -0.05) is 12.1 Å². The van der Waals surface area contributed by atoms with E-state index in [0.29, 0.717) is 24.4 Å². The Kier molecular flexibility index (Phi) is 5.71. The summed E-state index contributed by atoms with van der Waals surface area (Å²) in [5.74, 6) is 0.723. The minimum absolute atomic E-state index is 0.119. The summed E-state index contributed by atoms with van der Waals surface area (Å²) in [7, 11) is 3.42. The Hall–Kier alpha value is -2.93. The standard InChI is InChI=1S/C20H19F2NO4/c1-23(11-13-4-3-5-16(8-13)26-20(21)22)12-14-9-19(24)27-18-10-15(25-2)6-7-17(14)18/h3-10,20H,11-12H2,1-2H3. The number of benzene rings is 2. The molecule has 0 saturated heterocycles. The number of ether oxygens (including phenoxy) is 2. The van der Waals surface area contributed by atoms with Crippen molar-refractivity contribution in [2.75, 3.05) is 14.2 Å². The number of fused-ring (bicyclic) bond motifs is 1. The van der Waals surface area contributed by atoms with Crippen molar-refractivity contribution in [1.29, 1.82) is 0 Å². The summed E-state index contributed by atoms with van der Waals surface area (Å²) in [6.07, 6.45) is 0. The Bertz CT molecular complexity index is 987. The van der Waals surface area contributed by atoms with Crippen molar-refractivity contribution in [3.05, 3.63) is 70.1 Å². The molecule has 142 valence electrons. The molecular formula is C20H19F2NO4. The van der Waals surface area contributed by atoms with Gasteiger partial charge in [0.1, 0.15) is 17.1 Å². The van der Waals surface area contributed by atoms with Gasteiger partial charge >= 0.3 is 12.2 Å². The monoisotopic (exact) mass is 375 g/mol. The second-order valence-electron chi connectivity index (χ2n) is 6.15. The van der Waals surface area contributed by atoms with Gasteiger partial charge in [0.2, 0.25) is 0 Å². The van der Waals surface area contributed by atoms with E-state index < -0.39 is 12.2 Å². The summed E-state index contributed by atoms with van der Waals surface area (Å²) < 4.78 is 39.6. The fraction of sp³-hybridized carbons (Fsp3) is 0.250. The van der Waals surface area contributed by atoms with Gasteiger partial charge in [0.15, 0.2) is 0 Å². The van der Waals surface area contributed by atoms with Gasteiger partial charge in [0.05, 0.1) is 7.11 Å². The molecule has 0 unspecified atom stereocenters. The summed E-state index contributed by atoms with van der Waals surface area (Å²) in [5.41, 5.74) is 1.65. The fourth-order valence-corrected chi connectivity index (χ4v) is 2.95. The molecule has 7 heteroatoms. The van der Waals surface area contributed by atoms with Crippen LogP contribution in [0.25, 0.3) is 11.0 Å². The topological polar surface area (TPSA) is 51.9 Å². The fourth-order valence-electron chi connectivity index (χ4n) is 2.95. The van der Waals surface area contributed by atoms with Crippen molar-refractivity contribution in [2.24, 2.45) is 0 Å². The number of nitrogens with zero attached hydrogens (tertiary/aromatic N) is 1. The van der Waals surface area contributed by atoms with Gasteiger partial charge in [-0.25, -0.2) is 4.79 Å². The van der Waals surface area contributed by atoms with Crippen LogP contribution < -0.4 is 15.1 Å². The quantitative estimate of drug-likeness (QED) is 0.584.